The summed E-state index contributed by atoms with van der Waals surface area (Å²) in [5.41, 5.74) is 9.02. The second-order valence-corrected chi connectivity index (χ2v) is 4.64. The van der Waals surface area contributed by atoms with Crippen molar-refractivity contribution < 1.29 is 9.18 Å². The Labute approximate surface area is 110 Å². The van der Waals surface area contributed by atoms with Crippen LogP contribution in [0.3, 0.4) is 0 Å². The molecular formula is C15H13FN2O. The summed E-state index contributed by atoms with van der Waals surface area (Å²) in [5.74, 6) is -0.487. The predicted molar refractivity (Wildman–Crippen MR) is 71.2 cm³/mol. The second-order valence-electron chi connectivity index (χ2n) is 4.64. The maximum absolute atomic E-state index is 13.6. The molecule has 0 aliphatic carbocycles. The number of hydrogen-bond donors (Lipinski definition) is 2. The summed E-state index contributed by atoms with van der Waals surface area (Å²) >= 11 is 0. The Morgan fingerprint density at radius 2 is 1.95 bits per heavy atom. The lowest BCUT2D eigenvalue weighted by molar-refractivity contribution is -0.115. The number of nitrogens with one attached hydrogen (secondary N) is 1. The van der Waals surface area contributed by atoms with Gasteiger partial charge in [0.1, 0.15) is 5.82 Å². The summed E-state index contributed by atoms with van der Waals surface area (Å²) in [6, 6.07) is 11.8. The van der Waals surface area contributed by atoms with Gasteiger partial charge in [0.05, 0.1) is 12.5 Å². The van der Waals surface area contributed by atoms with Crippen LogP contribution < -0.4 is 11.1 Å². The number of halogens is 1. The first-order chi connectivity index (χ1) is 9.15. The van der Waals surface area contributed by atoms with Crippen LogP contribution in [0.15, 0.2) is 42.5 Å². The van der Waals surface area contributed by atoms with E-state index in [-0.39, 0.29) is 18.1 Å². The second kappa shape index (κ2) is 4.48. The molecule has 0 radical (unpaired) electrons. The molecule has 1 amide bonds. The molecule has 96 valence electrons. The van der Waals surface area contributed by atoms with Crippen molar-refractivity contribution in [2.45, 2.75) is 12.5 Å². The molecule has 4 heteroatoms. The average Bonchev–Trinajstić information content (AvgIpc) is 2.78. The highest BCUT2D eigenvalue weighted by atomic mass is 19.1. The monoisotopic (exact) mass is 256 g/mol. The van der Waals surface area contributed by atoms with E-state index in [9.17, 15) is 9.18 Å². The Morgan fingerprint density at radius 1 is 1.21 bits per heavy atom. The molecule has 0 fully saturated rings. The van der Waals surface area contributed by atoms with Gasteiger partial charge in [0.25, 0.3) is 0 Å². The van der Waals surface area contributed by atoms with Crippen molar-refractivity contribution in [3.05, 3.63) is 65.0 Å². The van der Waals surface area contributed by atoms with E-state index >= 15 is 0 Å². The smallest absolute Gasteiger partial charge is 0.228 e. The first-order valence-corrected chi connectivity index (χ1v) is 6.08. The molecule has 3 N–H and O–H groups in total. The first-order valence-electron chi connectivity index (χ1n) is 6.08. The Morgan fingerprint density at radius 3 is 2.68 bits per heavy atom. The fraction of sp³-hybridized carbons (Fsp3) is 0.133. The number of anilines is 1. The van der Waals surface area contributed by atoms with E-state index in [1.165, 1.54) is 12.1 Å². The minimum atomic E-state index is -0.455. The van der Waals surface area contributed by atoms with E-state index in [2.05, 4.69) is 5.32 Å². The van der Waals surface area contributed by atoms with Gasteiger partial charge in [-0.25, -0.2) is 4.39 Å². The van der Waals surface area contributed by atoms with Gasteiger partial charge < -0.3 is 11.1 Å². The topological polar surface area (TPSA) is 55.1 Å². The van der Waals surface area contributed by atoms with Crippen LogP contribution in [0.25, 0.3) is 0 Å². The van der Waals surface area contributed by atoms with Gasteiger partial charge in [-0.15, -0.1) is 0 Å². The van der Waals surface area contributed by atoms with Crippen LogP contribution in [0.2, 0.25) is 0 Å². The van der Waals surface area contributed by atoms with Gasteiger partial charge >= 0.3 is 0 Å². The van der Waals surface area contributed by atoms with Gasteiger partial charge in [-0.1, -0.05) is 30.3 Å². The fourth-order valence-electron chi connectivity index (χ4n) is 2.42. The van der Waals surface area contributed by atoms with E-state index in [0.29, 0.717) is 16.8 Å². The molecule has 0 spiro atoms. The number of nitrogens with two attached hydrogens (primary N) is 1. The normalized spacial score (nSPS) is 14.9. The maximum Gasteiger partial charge on any atom is 0.228 e. The van der Waals surface area contributed by atoms with E-state index < -0.39 is 6.04 Å². The van der Waals surface area contributed by atoms with Gasteiger partial charge in [-0.3, -0.25) is 4.79 Å². The molecule has 0 saturated heterocycles. The fourth-order valence-corrected chi connectivity index (χ4v) is 2.42. The molecule has 19 heavy (non-hydrogen) atoms. The van der Waals surface area contributed by atoms with Crippen molar-refractivity contribution in [1.29, 1.82) is 0 Å². The van der Waals surface area contributed by atoms with Crippen LogP contribution in [0.1, 0.15) is 22.7 Å². The molecule has 1 aliphatic heterocycles. The quantitative estimate of drug-likeness (QED) is 0.866. The molecule has 0 aromatic heterocycles. The van der Waals surface area contributed by atoms with Gasteiger partial charge in [0.2, 0.25) is 5.91 Å². The van der Waals surface area contributed by atoms with Crippen LogP contribution >= 0.6 is 0 Å². The molecule has 2 aromatic rings. The van der Waals surface area contributed by atoms with Crippen molar-refractivity contribution >= 4 is 11.6 Å². The average molecular weight is 256 g/mol. The van der Waals surface area contributed by atoms with Crippen LogP contribution in [-0.2, 0) is 11.2 Å². The first kappa shape index (κ1) is 11.9. The molecule has 3 rings (SSSR count). The largest absolute Gasteiger partial charge is 0.325 e. The van der Waals surface area contributed by atoms with Crippen LogP contribution in [-0.4, -0.2) is 5.91 Å². The maximum atomic E-state index is 13.6. The lowest BCUT2D eigenvalue weighted by Gasteiger charge is -2.16. The van der Waals surface area contributed by atoms with E-state index in [1.807, 2.05) is 30.3 Å². The van der Waals surface area contributed by atoms with Crippen LogP contribution in [0.4, 0.5) is 10.1 Å². The number of rotatable bonds is 2. The third-order valence-corrected chi connectivity index (χ3v) is 3.32. The minimum absolute atomic E-state index is 0.123. The van der Waals surface area contributed by atoms with E-state index in [0.717, 1.165) is 5.56 Å². The van der Waals surface area contributed by atoms with Crippen molar-refractivity contribution in [1.82, 2.24) is 0 Å². The zero-order chi connectivity index (χ0) is 13.4. The van der Waals surface area contributed by atoms with Crippen LogP contribution in [0.5, 0.6) is 0 Å². The standard InChI is InChI=1S/C15H13FN2O/c16-11-6-10-7-13(19)18-15(10)12(8-11)14(17)9-4-2-1-3-5-9/h1-6,8,14H,7,17H2,(H,18,19). The van der Waals surface area contributed by atoms with Gasteiger partial charge in [-0.2, -0.15) is 0 Å². The zero-order valence-electron chi connectivity index (χ0n) is 10.2. The summed E-state index contributed by atoms with van der Waals surface area (Å²) < 4.78 is 13.6. The number of carbonyl (C=O) groups excluding carboxylic acids is 1. The summed E-state index contributed by atoms with van der Waals surface area (Å²) in [7, 11) is 0. The Kier molecular flexibility index (Phi) is 2.80. The van der Waals surface area contributed by atoms with Gasteiger partial charge in [0.15, 0.2) is 0 Å². The highest BCUT2D eigenvalue weighted by Crippen LogP contribution is 2.34. The highest BCUT2D eigenvalue weighted by molar-refractivity contribution is 6.00. The number of benzene rings is 2. The molecule has 3 nitrogen and oxygen atoms in total. The lowest BCUT2D eigenvalue weighted by Crippen LogP contribution is -2.14. The van der Waals surface area contributed by atoms with Crippen molar-refractivity contribution in [3.8, 4) is 0 Å². The van der Waals surface area contributed by atoms with E-state index in [4.69, 9.17) is 5.73 Å². The van der Waals surface area contributed by atoms with E-state index in [1.54, 1.807) is 0 Å². The summed E-state index contributed by atoms with van der Waals surface area (Å²) in [4.78, 5) is 11.4. The molecule has 2 aromatic carbocycles. The molecule has 1 aliphatic rings. The Hall–Kier alpha value is -2.20. The number of fused-ring (bicyclic) bond motifs is 1. The third-order valence-electron chi connectivity index (χ3n) is 3.32. The molecule has 0 bridgehead atoms. The molecular weight excluding hydrogens is 243 g/mol. The van der Waals surface area contributed by atoms with Crippen molar-refractivity contribution in [3.63, 3.8) is 0 Å². The molecule has 1 unspecified atom stereocenters. The molecule has 1 atom stereocenters. The van der Waals surface area contributed by atoms with Gasteiger partial charge in [-0.05, 0) is 23.3 Å². The van der Waals surface area contributed by atoms with Crippen molar-refractivity contribution in [2.24, 2.45) is 5.73 Å². The SMILES string of the molecule is NC(c1ccccc1)c1cc(F)cc2c1NC(=O)C2. The minimum Gasteiger partial charge on any atom is -0.325 e. The zero-order valence-corrected chi connectivity index (χ0v) is 10.2. The number of hydrogen-bond acceptors (Lipinski definition) is 2. The molecule has 1 heterocycles. The van der Waals surface area contributed by atoms with Crippen molar-refractivity contribution in [2.75, 3.05) is 5.32 Å². The van der Waals surface area contributed by atoms with Gasteiger partial charge in [0, 0.05) is 11.3 Å². The van der Waals surface area contributed by atoms with Crippen LogP contribution in [0, 0.1) is 5.82 Å². The number of amides is 1. The third kappa shape index (κ3) is 2.11. The lowest BCUT2D eigenvalue weighted by atomic mass is 9.96. The molecule has 0 saturated carbocycles. The summed E-state index contributed by atoms with van der Waals surface area (Å²) in [6.45, 7) is 0. The number of carbonyl (C=O) groups is 1. The highest BCUT2D eigenvalue weighted by Gasteiger charge is 2.25. The summed E-state index contributed by atoms with van der Waals surface area (Å²) in [6.07, 6.45) is 0.210. The Balaban J connectivity index is 2.09. The Bertz CT molecular complexity index is 640. The summed E-state index contributed by atoms with van der Waals surface area (Å²) in [5, 5.41) is 2.76. The predicted octanol–water partition coefficient (Wildman–Crippen LogP) is 2.37.